The third-order valence-electron chi connectivity index (χ3n) is 2.91. The van der Waals surface area contributed by atoms with E-state index in [0.29, 0.717) is 35.3 Å². The van der Waals surface area contributed by atoms with E-state index >= 15 is 0 Å². The topological polar surface area (TPSA) is 55.6 Å². The van der Waals surface area contributed by atoms with Gasteiger partial charge in [0.15, 0.2) is 5.76 Å². The number of anilines is 1. The number of carbonyl (C=O) groups is 1. The summed E-state index contributed by atoms with van der Waals surface area (Å²) in [6.45, 7) is 2.59. The van der Waals surface area contributed by atoms with Crippen molar-refractivity contribution in [1.82, 2.24) is 5.16 Å². The summed E-state index contributed by atoms with van der Waals surface area (Å²) in [6.07, 6.45) is 0.735. The van der Waals surface area contributed by atoms with E-state index in [0.717, 1.165) is 12.0 Å². The van der Waals surface area contributed by atoms with Crippen molar-refractivity contribution < 1.29 is 14.1 Å². The van der Waals surface area contributed by atoms with Crippen LogP contribution in [0.1, 0.15) is 5.76 Å². The lowest BCUT2D eigenvalue weighted by Crippen LogP contribution is -2.26. The van der Waals surface area contributed by atoms with Crippen molar-refractivity contribution in [2.45, 2.75) is 6.92 Å². The number of halogens is 1. The van der Waals surface area contributed by atoms with Crippen LogP contribution in [0.5, 0.6) is 0 Å². The lowest BCUT2D eigenvalue weighted by molar-refractivity contribution is -0.107. The highest BCUT2D eigenvalue weighted by atomic mass is 35.5. The van der Waals surface area contributed by atoms with Gasteiger partial charge in [-0.2, -0.15) is 0 Å². The highest BCUT2D eigenvalue weighted by Gasteiger charge is 2.21. The van der Waals surface area contributed by atoms with Crippen LogP contribution in [0.3, 0.4) is 0 Å². The Morgan fingerprint density at radius 2 is 2.20 bits per heavy atom. The minimum absolute atomic E-state index is 0.416. The number of aromatic nitrogens is 1. The van der Waals surface area contributed by atoms with Crippen LogP contribution in [0.4, 0.5) is 5.69 Å². The molecule has 106 valence electrons. The van der Waals surface area contributed by atoms with E-state index in [2.05, 4.69) is 5.16 Å². The minimum Gasteiger partial charge on any atom is -0.383 e. The van der Waals surface area contributed by atoms with Gasteiger partial charge in [-0.25, -0.2) is 0 Å². The average molecular weight is 295 g/mol. The number of hydrogen-bond donors (Lipinski definition) is 0. The Morgan fingerprint density at radius 3 is 2.85 bits per heavy atom. The van der Waals surface area contributed by atoms with Crippen LogP contribution in [0.15, 0.2) is 28.8 Å². The molecule has 5 nitrogen and oxygen atoms in total. The fraction of sp³-hybridized carbons (Fsp3) is 0.286. The molecule has 2 rings (SSSR count). The molecule has 0 saturated heterocycles. The number of rotatable bonds is 6. The molecule has 0 aliphatic rings. The molecule has 0 aliphatic heterocycles. The molecule has 0 unspecified atom stereocenters. The molecule has 1 aromatic carbocycles. The molecular weight excluding hydrogens is 280 g/mol. The van der Waals surface area contributed by atoms with E-state index in [-0.39, 0.29) is 0 Å². The van der Waals surface area contributed by atoms with Crippen molar-refractivity contribution >= 4 is 23.7 Å². The van der Waals surface area contributed by atoms with E-state index in [4.69, 9.17) is 20.9 Å². The zero-order valence-corrected chi connectivity index (χ0v) is 12.1. The molecule has 0 aliphatic carbocycles. The van der Waals surface area contributed by atoms with E-state index in [9.17, 15) is 4.79 Å². The molecule has 2 aromatic rings. The van der Waals surface area contributed by atoms with Crippen LogP contribution in [0.2, 0.25) is 5.02 Å². The molecule has 1 amide bonds. The van der Waals surface area contributed by atoms with Crippen LogP contribution in [-0.2, 0) is 9.53 Å². The first-order valence-corrected chi connectivity index (χ1v) is 6.49. The maximum atomic E-state index is 11.3. The summed E-state index contributed by atoms with van der Waals surface area (Å²) in [4.78, 5) is 12.8. The average Bonchev–Trinajstić information content (AvgIpc) is 2.83. The maximum Gasteiger partial charge on any atom is 0.214 e. The van der Waals surface area contributed by atoms with Gasteiger partial charge in [0, 0.05) is 19.2 Å². The number of amides is 1. The largest absolute Gasteiger partial charge is 0.383 e. The molecule has 0 N–H and O–H groups in total. The Labute approximate surface area is 122 Å². The van der Waals surface area contributed by atoms with Gasteiger partial charge < -0.3 is 14.2 Å². The summed E-state index contributed by atoms with van der Waals surface area (Å²) in [5, 5.41) is 4.58. The van der Waals surface area contributed by atoms with Crippen molar-refractivity contribution in [3.63, 3.8) is 0 Å². The van der Waals surface area contributed by atoms with E-state index in [1.807, 2.05) is 18.2 Å². The monoisotopic (exact) mass is 294 g/mol. The SMILES string of the molecule is COCCN(C=O)c1c(-c2ccccc2Cl)noc1C. The van der Waals surface area contributed by atoms with Crippen LogP contribution in [0, 0.1) is 6.92 Å². The molecule has 1 aromatic heterocycles. The summed E-state index contributed by atoms with van der Waals surface area (Å²) in [5.41, 5.74) is 1.90. The Hall–Kier alpha value is -1.85. The second-order valence-electron chi connectivity index (χ2n) is 4.21. The molecule has 0 atom stereocenters. The summed E-state index contributed by atoms with van der Waals surface area (Å²) in [7, 11) is 1.58. The number of methoxy groups -OCH3 is 1. The fourth-order valence-corrected chi connectivity index (χ4v) is 2.17. The second kappa shape index (κ2) is 6.54. The van der Waals surface area contributed by atoms with Gasteiger partial charge in [-0.1, -0.05) is 35.0 Å². The predicted molar refractivity (Wildman–Crippen MR) is 77.0 cm³/mol. The van der Waals surface area contributed by atoms with E-state index in [1.54, 1.807) is 20.1 Å². The van der Waals surface area contributed by atoms with Gasteiger partial charge in [-0.15, -0.1) is 0 Å². The first kappa shape index (κ1) is 14.6. The molecule has 0 bridgehead atoms. The van der Waals surface area contributed by atoms with Gasteiger partial charge in [0.2, 0.25) is 6.41 Å². The van der Waals surface area contributed by atoms with Gasteiger partial charge in [-0.3, -0.25) is 4.79 Å². The smallest absolute Gasteiger partial charge is 0.214 e. The number of hydrogen-bond acceptors (Lipinski definition) is 4. The number of ether oxygens (including phenoxy) is 1. The maximum absolute atomic E-state index is 11.3. The number of nitrogens with zero attached hydrogens (tertiary/aromatic N) is 2. The quantitative estimate of drug-likeness (QED) is 0.769. The van der Waals surface area contributed by atoms with Gasteiger partial charge in [-0.05, 0) is 13.0 Å². The number of aryl methyl sites for hydroxylation is 1. The normalized spacial score (nSPS) is 10.6. The lowest BCUT2D eigenvalue weighted by atomic mass is 10.1. The van der Waals surface area contributed by atoms with Crippen LogP contribution >= 0.6 is 11.6 Å². The molecular formula is C14H15ClN2O3. The second-order valence-corrected chi connectivity index (χ2v) is 4.61. The zero-order valence-electron chi connectivity index (χ0n) is 11.3. The highest BCUT2D eigenvalue weighted by Crippen LogP contribution is 2.36. The molecule has 0 saturated carbocycles. The van der Waals surface area contributed by atoms with Gasteiger partial charge in [0.1, 0.15) is 11.4 Å². The predicted octanol–water partition coefficient (Wildman–Crippen LogP) is 2.91. The fourth-order valence-electron chi connectivity index (χ4n) is 1.94. The Bertz CT molecular complexity index is 598. The van der Waals surface area contributed by atoms with Crippen LogP contribution in [0.25, 0.3) is 11.3 Å². The highest BCUT2D eigenvalue weighted by molar-refractivity contribution is 6.33. The van der Waals surface area contributed by atoms with Gasteiger partial charge in [0.05, 0.1) is 11.6 Å². The molecule has 0 radical (unpaired) electrons. The Balaban J connectivity index is 2.46. The van der Waals surface area contributed by atoms with E-state index in [1.165, 1.54) is 4.90 Å². The van der Waals surface area contributed by atoms with Crippen LogP contribution < -0.4 is 4.90 Å². The first-order chi connectivity index (χ1) is 9.69. The van der Waals surface area contributed by atoms with Gasteiger partial charge >= 0.3 is 0 Å². The standard InChI is InChI=1S/C14H15ClN2O3/c1-10-14(17(9-18)7-8-19-2)13(16-20-10)11-5-3-4-6-12(11)15/h3-6,9H,7-8H2,1-2H3. The number of benzene rings is 1. The van der Waals surface area contributed by atoms with Gasteiger partial charge in [0.25, 0.3) is 0 Å². The molecule has 6 heteroatoms. The molecule has 20 heavy (non-hydrogen) atoms. The minimum atomic E-state index is 0.416. The van der Waals surface area contributed by atoms with Crippen LogP contribution in [-0.4, -0.2) is 31.8 Å². The summed E-state index contributed by atoms with van der Waals surface area (Å²) in [5.74, 6) is 0.558. The van der Waals surface area contributed by atoms with E-state index < -0.39 is 0 Å². The van der Waals surface area contributed by atoms with Crippen molar-refractivity contribution in [1.29, 1.82) is 0 Å². The zero-order chi connectivity index (χ0) is 14.5. The molecule has 0 spiro atoms. The summed E-state index contributed by atoms with van der Waals surface area (Å²) >= 11 is 6.18. The Morgan fingerprint density at radius 1 is 1.45 bits per heavy atom. The lowest BCUT2D eigenvalue weighted by Gasteiger charge is -2.17. The third kappa shape index (κ3) is 2.84. The Kier molecular flexibility index (Phi) is 4.76. The third-order valence-corrected chi connectivity index (χ3v) is 3.24. The van der Waals surface area contributed by atoms with Crippen molar-refractivity contribution in [3.8, 4) is 11.3 Å². The number of carbonyl (C=O) groups excluding carboxylic acids is 1. The molecule has 1 heterocycles. The molecule has 0 fully saturated rings. The first-order valence-electron chi connectivity index (χ1n) is 6.11. The summed E-state index contributed by atoms with van der Waals surface area (Å²) < 4.78 is 10.2. The van der Waals surface area contributed by atoms with Crippen molar-refractivity contribution in [2.24, 2.45) is 0 Å². The van der Waals surface area contributed by atoms with Crippen molar-refractivity contribution in [3.05, 3.63) is 35.0 Å². The van der Waals surface area contributed by atoms with Crippen molar-refractivity contribution in [2.75, 3.05) is 25.2 Å². The summed E-state index contributed by atoms with van der Waals surface area (Å²) in [6, 6.07) is 7.30.